The summed E-state index contributed by atoms with van der Waals surface area (Å²) >= 11 is 13.2. The van der Waals surface area contributed by atoms with Crippen molar-refractivity contribution < 1.29 is 9.53 Å². The Labute approximate surface area is 116 Å². The van der Waals surface area contributed by atoms with E-state index >= 15 is 0 Å². The molecule has 0 saturated carbocycles. The normalized spacial score (nSPS) is 11.4. The lowest BCUT2D eigenvalue weighted by Gasteiger charge is -2.19. The highest BCUT2D eigenvalue weighted by atomic mass is 35.5. The highest BCUT2D eigenvalue weighted by Gasteiger charge is 2.16. The van der Waals surface area contributed by atoms with Crippen molar-refractivity contribution in [3.8, 4) is 0 Å². The molecule has 1 aromatic rings. The molecule has 0 amide bonds. The molecular formula is C12H14Cl2O2S. The van der Waals surface area contributed by atoms with E-state index in [1.165, 1.54) is 11.8 Å². The van der Waals surface area contributed by atoms with Gasteiger partial charge in [0.05, 0.1) is 10.8 Å². The lowest BCUT2D eigenvalue weighted by atomic mass is 10.2. The molecule has 0 unspecified atom stereocenters. The van der Waals surface area contributed by atoms with Crippen LogP contribution in [0.1, 0.15) is 20.8 Å². The summed E-state index contributed by atoms with van der Waals surface area (Å²) in [6, 6.07) is 5.15. The number of hydrogen-bond donors (Lipinski definition) is 0. The fraction of sp³-hybridized carbons (Fsp3) is 0.417. The van der Waals surface area contributed by atoms with Crippen LogP contribution in [0.25, 0.3) is 0 Å². The second-order valence-electron chi connectivity index (χ2n) is 4.45. The Morgan fingerprint density at radius 3 is 2.59 bits per heavy atom. The van der Waals surface area contributed by atoms with Gasteiger partial charge >= 0.3 is 5.97 Å². The van der Waals surface area contributed by atoms with Crippen LogP contribution in [-0.2, 0) is 9.53 Å². The number of carbonyl (C=O) groups excluding carboxylic acids is 1. The SMILES string of the molecule is CC(C)(C)OC(=O)CSc1cc(Cl)ccc1Cl. The average molecular weight is 293 g/mol. The first-order chi connectivity index (χ1) is 7.78. The molecule has 0 heterocycles. The fourth-order valence-electron chi connectivity index (χ4n) is 1.10. The molecule has 1 rings (SSSR count). The van der Waals surface area contributed by atoms with Crippen LogP contribution in [-0.4, -0.2) is 17.3 Å². The summed E-state index contributed by atoms with van der Waals surface area (Å²) in [6.45, 7) is 5.51. The van der Waals surface area contributed by atoms with Crippen molar-refractivity contribution in [2.75, 3.05) is 5.75 Å². The van der Waals surface area contributed by atoms with Crippen LogP contribution < -0.4 is 0 Å². The number of carbonyl (C=O) groups is 1. The van der Waals surface area contributed by atoms with Gasteiger partial charge in [-0.15, -0.1) is 11.8 Å². The molecule has 2 nitrogen and oxygen atoms in total. The zero-order chi connectivity index (χ0) is 13.1. The number of hydrogen-bond acceptors (Lipinski definition) is 3. The molecule has 0 atom stereocenters. The van der Waals surface area contributed by atoms with Crippen LogP contribution in [0, 0.1) is 0 Å². The van der Waals surface area contributed by atoms with Gasteiger partial charge in [-0.25, -0.2) is 0 Å². The highest BCUT2D eigenvalue weighted by Crippen LogP contribution is 2.30. The largest absolute Gasteiger partial charge is 0.459 e. The van der Waals surface area contributed by atoms with E-state index in [4.69, 9.17) is 27.9 Å². The zero-order valence-electron chi connectivity index (χ0n) is 9.92. The van der Waals surface area contributed by atoms with Gasteiger partial charge in [0.2, 0.25) is 0 Å². The van der Waals surface area contributed by atoms with Gasteiger partial charge in [-0.1, -0.05) is 23.2 Å². The molecule has 0 fully saturated rings. The van der Waals surface area contributed by atoms with Crippen molar-refractivity contribution in [1.82, 2.24) is 0 Å². The van der Waals surface area contributed by atoms with E-state index in [-0.39, 0.29) is 11.7 Å². The van der Waals surface area contributed by atoms with Crippen molar-refractivity contribution in [2.24, 2.45) is 0 Å². The molecule has 0 aliphatic rings. The predicted octanol–water partition coefficient (Wildman–Crippen LogP) is 4.43. The molecule has 17 heavy (non-hydrogen) atoms. The van der Waals surface area contributed by atoms with Gasteiger partial charge in [0.1, 0.15) is 5.60 Å². The van der Waals surface area contributed by atoms with Gasteiger partial charge in [0, 0.05) is 9.92 Å². The van der Waals surface area contributed by atoms with E-state index in [1.54, 1.807) is 18.2 Å². The summed E-state index contributed by atoms with van der Waals surface area (Å²) in [7, 11) is 0. The molecule has 94 valence electrons. The van der Waals surface area contributed by atoms with E-state index in [2.05, 4.69) is 0 Å². The van der Waals surface area contributed by atoms with E-state index in [9.17, 15) is 4.79 Å². The fourth-order valence-corrected chi connectivity index (χ4v) is 2.36. The Morgan fingerprint density at radius 1 is 1.35 bits per heavy atom. The number of rotatable bonds is 3. The average Bonchev–Trinajstić information content (AvgIpc) is 2.17. The van der Waals surface area contributed by atoms with Crippen LogP contribution >= 0.6 is 35.0 Å². The van der Waals surface area contributed by atoms with Gasteiger partial charge in [0.25, 0.3) is 0 Å². The van der Waals surface area contributed by atoms with Crippen LogP contribution in [0.3, 0.4) is 0 Å². The topological polar surface area (TPSA) is 26.3 Å². The predicted molar refractivity (Wildman–Crippen MR) is 73.0 cm³/mol. The minimum atomic E-state index is -0.463. The summed E-state index contributed by atoms with van der Waals surface area (Å²) < 4.78 is 5.19. The smallest absolute Gasteiger partial charge is 0.316 e. The van der Waals surface area contributed by atoms with E-state index < -0.39 is 5.60 Å². The summed E-state index contributed by atoms with van der Waals surface area (Å²) in [5, 5.41) is 1.18. The van der Waals surface area contributed by atoms with Gasteiger partial charge < -0.3 is 4.74 Å². The van der Waals surface area contributed by atoms with Gasteiger partial charge in [-0.3, -0.25) is 4.79 Å². The number of halogens is 2. The lowest BCUT2D eigenvalue weighted by Crippen LogP contribution is -2.24. The third-order valence-corrected chi connectivity index (χ3v) is 3.36. The van der Waals surface area contributed by atoms with Crippen LogP contribution in [0.15, 0.2) is 23.1 Å². The Balaban J connectivity index is 2.56. The number of esters is 1. The molecule has 0 bridgehead atoms. The summed E-state index contributed by atoms with van der Waals surface area (Å²) in [6.07, 6.45) is 0. The first-order valence-electron chi connectivity index (χ1n) is 5.07. The Bertz CT molecular complexity index is 413. The van der Waals surface area contributed by atoms with Crippen LogP contribution in [0.2, 0.25) is 10.0 Å². The number of thioether (sulfide) groups is 1. The second-order valence-corrected chi connectivity index (χ2v) is 6.31. The van der Waals surface area contributed by atoms with Crippen molar-refractivity contribution in [1.29, 1.82) is 0 Å². The first kappa shape index (κ1) is 14.7. The molecule has 0 N–H and O–H groups in total. The summed E-state index contributed by atoms with van der Waals surface area (Å²) in [5.41, 5.74) is -0.463. The summed E-state index contributed by atoms with van der Waals surface area (Å²) in [5.74, 6) is -0.0457. The molecule has 1 aromatic carbocycles. The highest BCUT2D eigenvalue weighted by molar-refractivity contribution is 8.00. The Hall–Kier alpha value is -0.380. The monoisotopic (exact) mass is 292 g/mol. The third kappa shape index (κ3) is 5.66. The molecule has 0 aromatic heterocycles. The maximum atomic E-state index is 11.5. The third-order valence-electron chi connectivity index (χ3n) is 1.66. The Kier molecular flexibility index (Phi) is 5.17. The molecule has 5 heteroatoms. The number of benzene rings is 1. The minimum absolute atomic E-state index is 0.220. The van der Waals surface area contributed by atoms with E-state index in [1.807, 2.05) is 20.8 Å². The standard InChI is InChI=1S/C12H14Cl2O2S/c1-12(2,3)16-11(15)7-17-10-6-8(13)4-5-9(10)14/h4-6H,7H2,1-3H3. The summed E-state index contributed by atoms with van der Waals surface area (Å²) in [4.78, 5) is 12.3. The molecule has 0 saturated heterocycles. The molecule has 0 aliphatic carbocycles. The molecular weight excluding hydrogens is 279 g/mol. The lowest BCUT2D eigenvalue weighted by molar-refractivity contribution is -0.151. The first-order valence-corrected chi connectivity index (χ1v) is 6.82. The van der Waals surface area contributed by atoms with Crippen LogP contribution in [0.5, 0.6) is 0 Å². The van der Waals surface area contributed by atoms with Gasteiger partial charge in [0.15, 0.2) is 0 Å². The molecule has 0 aliphatic heterocycles. The zero-order valence-corrected chi connectivity index (χ0v) is 12.2. The molecule has 0 radical (unpaired) electrons. The Morgan fingerprint density at radius 2 is 2.00 bits per heavy atom. The van der Waals surface area contributed by atoms with E-state index in [0.717, 1.165) is 4.90 Å². The van der Waals surface area contributed by atoms with Gasteiger partial charge in [-0.05, 0) is 39.0 Å². The van der Waals surface area contributed by atoms with Crippen molar-refractivity contribution >= 4 is 40.9 Å². The van der Waals surface area contributed by atoms with Crippen molar-refractivity contribution in [3.05, 3.63) is 28.2 Å². The maximum Gasteiger partial charge on any atom is 0.316 e. The maximum absolute atomic E-state index is 11.5. The van der Waals surface area contributed by atoms with Gasteiger partial charge in [-0.2, -0.15) is 0 Å². The van der Waals surface area contributed by atoms with E-state index in [0.29, 0.717) is 10.0 Å². The number of ether oxygens (including phenoxy) is 1. The minimum Gasteiger partial charge on any atom is -0.459 e. The second kappa shape index (κ2) is 5.98. The molecule has 0 spiro atoms. The van der Waals surface area contributed by atoms with Crippen molar-refractivity contribution in [3.63, 3.8) is 0 Å². The van der Waals surface area contributed by atoms with Crippen molar-refractivity contribution in [2.45, 2.75) is 31.3 Å². The van der Waals surface area contributed by atoms with Crippen LogP contribution in [0.4, 0.5) is 0 Å². The quantitative estimate of drug-likeness (QED) is 0.609.